The topological polar surface area (TPSA) is 33.0 Å². The first-order valence-electron chi connectivity index (χ1n) is 7.41. The van der Waals surface area contributed by atoms with E-state index in [0.717, 1.165) is 24.0 Å². The molecule has 2 rings (SSSR count). The lowest BCUT2D eigenvalue weighted by molar-refractivity contribution is 0.295. The molecule has 0 fully saturated rings. The molecule has 0 aliphatic carbocycles. The van der Waals surface area contributed by atoms with Crippen molar-refractivity contribution in [3.05, 3.63) is 64.7 Å². The molecule has 2 aromatic carbocycles. The number of aryl methyl sites for hydroxylation is 1. The van der Waals surface area contributed by atoms with E-state index in [-0.39, 0.29) is 0 Å². The highest BCUT2D eigenvalue weighted by molar-refractivity contribution is 6.32. The van der Waals surface area contributed by atoms with E-state index in [1.807, 2.05) is 62.4 Å². The van der Waals surface area contributed by atoms with Crippen molar-refractivity contribution in [1.29, 1.82) is 5.26 Å². The van der Waals surface area contributed by atoms with Crippen molar-refractivity contribution in [1.82, 2.24) is 0 Å². The number of rotatable bonds is 6. The van der Waals surface area contributed by atoms with E-state index in [9.17, 15) is 5.26 Å². The molecule has 0 aliphatic heterocycles. The summed E-state index contributed by atoms with van der Waals surface area (Å²) in [6.07, 6.45) is 1.54. The van der Waals surface area contributed by atoms with Crippen LogP contribution < -0.4 is 4.74 Å². The largest absolute Gasteiger partial charge is 0.492 e. The van der Waals surface area contributed by atoms with Gasteiger partial charge in [0.05, 0.1) is 23.1 Å². The van der Waals surface area contributed by atoms with Crippen LogP contribution >= 0.6 is 11.6 Å². The lowest BCUT2D eigenvalue weighted by atomic mass is 9.80. The van der Waals surface area contributed by atoms with E-state index in [0.29, 0.717) is 17.4 Å². The van der Waals surface area contributed by atoms with Gasteiger partial charge in [-0.3, -0.25) is 0 Å². The molecule has 0 saturated carbocycles. The standard InChI is InChI=1S/C19H20ClNO/c1-15-9-10-17(20)18(13-15)22-12-6-11-19(2,14-21)16-7-4-3-5-8-16/h3-5,7-10,13H,6,11-12H2,1-2H3. The Bertz CT molecular complexity index is 663. The first-order chi connectivity index (χ1) is 10.5. The van der Waals surface area contributed by atoms with Gasteiger partial charge in [0.15, 0.2) is 0 Å². The summed E-state index contributed by atoms with van der Waals surface area (Å²) in [6.45, 7) is 4.53. The Balaban J connectivity index is 1.93. The monoisotopic (exact) mass is 313 g/mol. The summed E-state index contributed by atoms with van der Waals surface area (Å²) in [5, 5.41) is 10.1. The molecule has 3 heteroatoms. The number of halogens is 1. The maximum atomic E-state index is 9.52. The highest BCUT2D eigenvalue weighted by atomic mass is 35.5. The zero-order chi connectivity index (χ0) is 16.0. The fourth-order valence-corrected chi connectivity index (χ4v) is 2.57. The molecule has 0 amide bonds. The Morgan fingerprint density at radius 2 is 1.91 bits per heavy atom. The minimum absolute atomic E-state index is 0.485. The highest BCUT2D eigenvalue weighted by Gasteiger charge is 2.25. The molecule has 0 N–H and O–H groups in total. The molecule has 1 atom stereocenters. The quantitative estimate of drug-likeness (QED) is 0.679. The third kappa shape index (κ3) is 4.02. The van der Waals surface area contributed by atoms with Crippen molar-refractivity contribution in [2.45, 2.75) is 32.1 Å². The van der Waals surface area contributed by atoms with Gasteiger partial charge in [-0.25, -0.2) is 0 Å². The average Bonchev–Trinajstić information content (AvgIpc) is 2.55. The number of hydrogen-bond donors (Lipinski definition) is 0. The molecule has 2 nitrogen and oxygen atoms in total. The van der Waals surface area contributed by atoms with Crippen LogP contribution in [0.2, 0.25) is 5.02 Å². The van der Waals surface area contributed by atoms with Crippen LogP contribution in [0.3, 0.4) is 0 Å². The average molecular weight is 314 g/mol. The van der Waals surface area contributed by atoms with E-state index < -0.39 is 5.41 Å². The molecule has 0 spiro atoms. The number of hydrogen-bond acceptors (Lipinski definition) is 2. The summed E-state index contributed by atoms with van der Waals surface area (Å²) in [5.74, 6) is 0.708. The fourth-order valence-electron chi connectivity index (χ4n) is 2.40. The number of nitriles is 1. The third-order valence-corrected chi connectivity index (χ3v) is 4.14. The smallest absolute Gasteiger partial charge is 0.138 e. The summed E-state index contributed by atoms with van der Waals surface area (Å²) in [6, 6.07) is 18.1. The Kier molecular flexibility index (Phi) is 5.46. The predicted molar refractivity (Wildman–Crippen MR) is 90.3 cm³/mol. The summed E-state index contributed by atoms with van der Waals surface area (Å²) in [7, 11) is 0. The van der Waals surface area contributed by atoms with Crippen molar-refractivity contribution in [3.8, 4) is 11.8 Å². The highest BCUT2D eigenvalue weighted by Crippen LogP contribution is 2.29. The molecule has 0 heterocycles. The summed E-state index contributed by atoms with van der Waals surface area (Å²) in [4.78, 5) is 0. The Labute approximate surface area is 137 Å². The lowest BCUT2D eigenvalue weighted by Gasteiger charge is -2.22. The van der Waals surface area contributed by atoms with Crippen LogP contribution in [0.25, 0.3) is 0 Å². The summed E-state index contributed by atoms with van der Waals surface area (Å²) < 4.78 is 5.75. The van der Waals surface area contributed by atoms with Crippen molar-refractivity contribution < 1.29 is 4.74 Å². The first kappa shape index (κ1) is 16.4. The van der Waals surface area contributed by atoms with E-state index in [4.69, 9.17) is 16.3 Å². The first-order valence-corrected chi connectivity index (χ1v) is 7.79. The van der Waals surface area contributed by atoms with Crippen LogP contribution in [0.15, 0.2) is 48.5 Å². The van der Waals surface area contributed by atoms with E-state index >= 15 is 0 Å². The van der Waals surface area contributed by atoms with Crippen molar-refractivity contribution in [2.24, 2.45) is 0 Å². The second kappa shape index (κ2) is 7.33. The van der Waals surface area contributed by atoms with Gasteiger partial charge >= 0.3 is 0 Å². The number of ether oxygens (including phenoxy) is 1. The van der Waals surface area contributed by atoms with Gasteiger partial charge < -0.3 is 4.74 Å². The molecule has 22 heavy (non-hydrogen) atoms. The summed E-state index contributed by atoms with van der Waals surface area (Å²) >= 11 is 6.11. The van der Waals surface area contributed by atoms with Gasteiger partial charge in [-0.2, -0.15) is 5.26 Å². The van der Waals surface area contributed by atoms with Gasteiger partial charge in [-0.15, -0.1) is 0 Å². The van der Waals surface area contributed by atoms with Gasteiger partial charge in [-0.1, -0.05) is 48.0 Å². The molecule has 0 saturated heterocycles. The zero-order valence-corrected chi connectivity index (χ0v) is 13.7. The SMILES string of the molecule is Cc1ccc(Cl)c(OCCCC(C)(C#N)c2ccccc2)c1. The summed E-state index contributed by atoms with van der Waals surface area (Å²) in [5.41, 5.74) is 1.68. The fraction of sp³-hybridized carbons (Fsp3) is 0.316. The molecule has 0 aliphatic rings. The van der Waals surface area contributed by atoms with E-state index in [2.05, 4.69) is 6.07 Å². The minimum Gasteiger partial charge on any atom is -0.492 e. The van der Waals surface area contributed by atoms with Gasteiger partial charge in [0, 0.05) is 0 Å². The van der Waals surface area contributed by atoms with Crippen molar-refractivity contribution in [3.63, 3.8) is 0 Å². The second-order valence-corrected chi connectivity index (χ2v) is 6.10. The number of nitrogens with zero attached hydrogens (tertiary/aromatic N) is 1. The Morgan fingerprint density at radius 3 is 2.59 bits per heavy atom. The van der Waals surface area contributed by atoms with Crippen LogP contribution in [0.1, 0.15) is 30.9 Å². The molecular formula is C19H20ClNO. The van der Waals surface area contributed by atoms with Crippen molar-refractivity contribution in [2.75, 3.05) is 6.61 Å². The van der Waals surface area contributed by atoms with Gasteiger partial charge in [-0.05, 0) is 49.9 Å². The molecule has 0 radical (unpaired) electrons. The molecule has 2 aromatic rings. The van der Waals surface area contributed by atoms with Gasteiger partial charge in [0.2, 0.25) is 0 Å². The number of benzene rings is 2. The van der Waals surface area contributed by atoms with Crippen LogP contribution in [-0.4, -0.2) is 6.61 Å². The predicted octanol–water partition coefficient (Wildman–Crippen LogP) is 5.29. The van der Waals surface area contributed by atoms with E-state index in [1.54, 1.807) is 0 Å². The normalized spacial score (nSPS) is 13.2. The lowest BCUT2D eigenvalue weighted by Crippen LogP contribution is -2.20. The van der Waals surface area contributed by atoms with Gasteiger partial charge in [0.25, 0.3) is 0 Å². The molecular weight excluding hydrogens is 294 g/mol. The molecule has 0 bridgehead atoms. The maximum Gasteiger partial charge on any atom is 0.138 e. The van der Waals surface area contributed by atoms with Crippen LogP contribution in [0.4, 0.5) is 0 Å². The van der Waals surface area contributed by atoms with Gasteiger partial charge in [0.1, 0.15) is 5.75 Å². The minimum atomic E-state index is -0.485. The van der Waals surface area contributed by atoms with Crippen LogP contribution in [-0.2, 0) is 5.41 Å². The zero-order valence-electron chi connectivity index (χ0n) is 13.0. The molecule has 0 aromatic heterocycles. The van der Waals surface area contributed by atoms with Crippen LogP contribution in [0, 0.1) is 18.3 Å². The van der Waals surface area contributed by atoms with E-state index in [1.165, 1.54) is 0 Å². The third-order valence-electron chi connectivity index (χ3n) is 3.82. The second-order valence-electron chi connectivity index (χ2n) is 5.70. The van der Waals surface area contributed by atoms with Crippen LogP contribution in [0.5, 0.6) is 5.75 Å². The molecule has 114 valence electrons. The van der Waals surface area contributed by atoms with Crippen molar-refractivity contribution >= 4 is 11.6 Å². The maximum absolute atomic E-state index is 9.52. The molecule has 1 unspecified atom stereocenters. The Morgan fingerprint density at radius 1 is 1.18 bits per heavy atom. The Hall–Kier alpha value is -1.98.